The van der Waals surface area contributed by atoms with Crippen LogP contribution in [0.25, 0.3) is 0 Å². The third kappa shape index (κ3) is 4.71. The zero-order valence-corrected chi connectivity index (χ0v) is 16.0. The van der Waals surface area contributed by atoms with Crippen molar-refractivity contribution in [2.75, 3.05) is 6.61 Å². The number of rotatable bonds is 5. The number of ether oxygens (including phenoxy) is 2. The molecule has 2 unspecified atom stereocenters. The Kier molecular flexibility index (Phi) is 6.21. The van der Waals surface area contributed by atoms with Crippen LogP contribution in [0, 0.1) is 11.3 Å². The van der Waals surface area contributed by atoms with Gasteiger partial charge in [0.15, 0.2) is 5.78 Å². The summed E-state index contributed by atoms with van der Waals surface area (Å²) in [7, 11) is 0. The molecule has 1 aromatic rings. The normalized spacial score (nSPS) is 23.4. The first kappa shape index (κ1) is 20.1. The van der Waals surface area contributed by atoms with E-state index in [2.05, 4.69) is 0 Å². The van der Waals surface area contributed by atoms with Gasteiger partial charge in [0.25, 0.3) is 0 Å². The predicted octanol–water partition coefficient (Wildman–Crippen LogP) is 3.49. The molecule has 0 amide bonds. The number of hydrogen-bond donors (Lipinski definition) is 0. The number of benzene rings is 1. The summed E-state index contributed by atoms with van der Waals surface area (Å²) in [6.07, 6.45) is 0.957. The number of ketones is 1. The van der Waals surface area contributed by atoms with Crippen molar-refractivity contribution in [2.24, 2.45) is 11.3 Å². The Labute approximate surface area is 155 Å². The minimum Gasteiger partial charge on any atom is -0.465 e. The van der Waals surface area contributed by atoms with Gasteiger partial charge in [0.2, 0.25) is 0 Å². The predicted molar refractivity (Wildman–Crippen MR) is 97.4 cm³/mol. The molecule has 26 heavy (non-hydrogen) atoms. The number of carbonyl (C=O) groups excluding carboxylic acids is 3. The molecule has 5 nitrogen and oxygen atoms in total. The summed E-state index contributed by atoms with van der Waals surface area (Å²) in [5.41, 5.74) is -1.05. The van der Waals surface area contributed by atoms with Gasteiger partial charge < -0.3 is 9.47 Å². The van der Waals surface area contributed by atoms with Crippen LogP contribution in [0.3, 0.4) is 0 Å². The highest BCUT2D eigenvalue weighted by Crippen LogP contribution is 2.41. The first-order valence-corrected chi connectivity index (χ1v) is 9.15. The zero-order chi connectivity index (χ0) is 19.4. The lowest BCUT2D eigenvalue weighted by Gasteiger charge is -2.37. The van der Waals surface area contributed by atoms with Crippen LogP contribution in [0.4, 0.5) is 0 Å². The quantitative estimate of drug-likeness (QED) is 0.594. The Balaban J connectivity index is 2.32. The molecule has 0 saturated heterocycles. The molecule has 0 aliphatic heterocycles. The molecule has 1 aliphatic carbocycles. The Morgan fingerprint density at radius 2 is 1.85 bits per heavy atom. The van der Waals surface area contributed by atoms with Gasteiger partial charge in [0.1, 0.15) is 11.0 Å². The number of hydrogen-bond acceptors (Lipinski definition) is 5. The fourth-order valence-corrected chi connectivity index (χ4v) is 3.42. The van der Waals surface area contributed by atoms with Crippen LogP contribution >= 0.6 is 0 Å². The summed E-state index contributed by atoms with van der Waals surface area (Å²) in [5, 5.41) is 0. The maximum absolute atomic E-state index is 12.8. The molecule has 1 saturated carbocycles. The standard InChI is InChI=1S/C21H28O5/c1-5-25-19(24)21(13-15-9-7-6-8-10-15)14-16(11-12-17(21)22)18(23)26-20(2,3)4/h6-10,16H,5,11-14H2,1-4H3. The van der Waals surface area contributed by atoms with Crippen LogP contribution in [-0.4, -0.2) is 29.9 Å². The minimum atomic E-state index is -1.32. The third-order valence-corrected chi connectivity index (χ3v) is 4.60. The van der Waals surface area contributed by atoms with Gasteiger partial charge in [-0.15, -0.1) is 0 Å². The van der Waals surface area contributed by atoms with Gasteiger partial charge in [-0.25, -0.2) is 0 Å². The molecule has 0 radical (unpaired) electrons. The lowest BCUT2D eigenvalue weighted by Crippen LogP contribution is -2.49. The van der Waals surface area contributed by atoms with Gasteiger partial charge in [-0.3, -0.25) is 14.4 Å². The van der Waals surface area contributed by atoms with Crippen molar-refractivity contribution < 1.29 is 23.9 Å². The van der Waals surface area contributed by atoms with Crippen molar-refractivity contribution in [1.29, 1.82) is 0 Å². The average Bonchev–Trinajstić information content (AvgIpc) is 2.56. The molecule has 2 atom stereocenters. The van der Waals surface area contributed by atoms with Crippen LogP contribution in [0.5, 0.6) is 0 Å². The van der Waals surface area contributed by atoms with E-state index < -0.39 is 22.9 Å². The molecule has 0 heterocycles. The van der Waals surface area contributed by atoms with Gasteiger partial charge in [-0.2, -0.15) is 0 Å². The minimum absolute atomic E-state index is 0.133. The van der Waals surface area contributed by atoms with E-state index in [1.54, 1.807) is 27.7 Å². The van der Waals surface area contributed by atoms with Crippen LogP contribution < -0.4 is 0 Å². The molecular weight excluding hydrogens is 332 g/mol. The summed E-state index contributed by atoms with van der Waals surface area (Å²) >= 11 is 0. The smallest absolute Gasteiger partial charge is 0.319 e. The lowest BCUT2D eigenvalue weighted by molar-refractivity contribution is -0.170. The van der Waals surface area contributed by atoms with Crippen LogP contribution in [0.1, 0.15) is 52.5 Å². The SMILES string of the molecule is CCOC(=O)C1(Cc2ccccc2)CC(C(=O)OC(C)(C)C)CCC1=O. The summed E-state index contributed by atoms with van der Waals surface area (Å²) in [6, 6.07) is 9.38. The van der Waals surface area contributed by atoms with Gasteiger partial charge in [-0.1, -0.05) is 30.3 Å². The Morgan fingerprint density at radius 1 is 1.19 bits per heavy atom. The van der Waals surface area contributed by atoms with Crippen LogP contribution in [-0.2, 0) is 30.3 Å². The van der Waals surface area contributed by atoms with Gasteiger partial charge in [0.05, 0.1) is 12.5 Å². The molecule has 0 bridgehead atoms. The van der Waals surface area contributed by atoms with E-state index in [1.807, 2.05) is 30.3 Å². The molecule has 0 aromatic heterocycles. The molecule has 0 N–H and O–H groups in total. The van der Waals surface area contributed by atoms with Crippen molar-refractivity contribution in [3.63, 3.8) is 0 Å². The number of esters is 2. The first-order chi connectivity index (χ1) is 12.2. The second-order valence-corrected chi connectivity index (χ2v) is 7.86. The van der Waals surface area contributed by atoms with Crippen molar-refractivity contribution in [3.05, 3.63) is 35.9 Å². The van der Waals surface area contributed by atoms with Crippen molar-refractivity contribution in [3.8, 4) is 0 Å². The highest BCUT2D eigenvalue weighted by Gasteiger charge is 2.52. The van der Waals surface area contributed by atoms with E-state index >= 15 is 0 Å². The Morgan fingerprint density at radius 3 is 2.42 bits per heavy atom. The zero-order valence-electron chi connectivity index (χ0n) is 16.0. The van der Waals surface area contributed by atoms with E-state index in [9.17, 15) is 14.4 Å². The number of carbonyl (C=O) groups is 3. The van der Waals surface area contributed by atoms with Crippen molar-refractivity contribution in [2.45, 2.75) is 59.0 Å². The monoisotopic (exact) mass is 360 g/mol. The van der Waals surface area contributed by atoms with E-state index in [-0.39, 0.29) is 37.6 Å². The Bertz CT molecular complexity index is 659. The van der Waals surface area contributed by atoms with Crippen molar-refractivity contribution in [1.82, 2.24) is 0 Å². The fraction of sp³-hybridized carbons (Fsp3) is 0.571. The molecule has 1 fully saturated rings. The van der Waals surface area contributed by atoms with E-state index in [4.69, 9.17) is 9.47 Å². The van der Waals surface area contributed by atoms with E-state index in [0.29, 0.717) is 6.42 Å². The number of Topliss-reactive ketones (excluding diaryl/α,β-unsaturated/α-hetero) is 1. The van der Waals surface area contributed by atoms with E-state index in [1.165, 1.54) is 0 Å². The maximum Gasteiger partial charge on any atom is 0.319 e. The van der Waals surface area contributed by atoms with E-state index in [0.717, 1.165) is 5.56 Å². The summed E-state index contributed by atoms with van der Waals surface area (Å²) < 4.78 is 10.7. The summed E-state index contributed by atoms with van der Waals surface area (Å²) in [4.78, 5) is 38.2. The first-order valence-electron chi connectivity index (χ1n) is 9.15. The van der Waals surface area contributed by atoms with Crippen molar-refractivity contribution >= 4 is 17.7 Å². The maximum atomic E-state index is 12.8. The molecule has 2 rings (SSSR count). The molecule has 5 heteroatoms. The average molecular weight is 360 g/mol. The third-order valence-electron chi connectivity index (χ3n) is 4.60. The largest absolute Gasteiger partial charge is 0.465 e. The molecule has 1 aromatic carbocycles. The van der Waals surface area contributed by atoms with Crippen LogP contribution in [0.2, 0.25) is 0 Å². The molecule has 0 spiro atoms. The molecule has 142 valence electrons. The summed E-state index contributed by atoms with van der Waals surface area (Å²) in [5.74, 6) is -1.53. The van der Waals surface area contributed by atoms with Gasteiger partial charge >= 0.3 is 11.9 Å². The second kappa shape index (κ2) is 8.02. The lowest BCUT2D eigenvalue weighted by atomic mass is 9.65. The Hall–Kier alpha value is -2.17. The highest BCUT2D eigenvalue weighted by molar-refractivity contribution is 6.05. The highest BCUT2D eigenvalue weighted by atomic mass is 16.6. The topological polar surface area (TPSA) is 69.7 Å². The second-order valence-electron chi connectivity index (χ2n) is 7.86. The summed E-state index contributed by atoms with van der Waals surface area (Å²) in [6.45, 7) is 7.33. The van der Waals surface area contributed by atoms with Gasteiger partial charge in [0, 0.05) is 6.42 Å². The fourth-order valence-electron chi connectivity index (χ4n) is 3.42. The van der Waals surface area contributed by atoms with Gasteiger partial charge in [-0.05, 0) is 52.5 Å². The molecule has 1 aliphatic rings. The molecular formula is C21H28O5. The van der Waals surface area contributed by atoms with Crippen LogP contribution in [0.15, 0.2) is 30.3 Å².